The predicted octanol–water partition coefficient (Wildman–Crippen LogP) is 4.94. The molecular formula is C24H16BNO. The number of para-hydroxylation sites is 2. The van der Waals surface area contributed by atoms with E-state index >= 15 is 0 Å². The minimum atomic E-state index is 0.937. The second-order valence-corrected chi connectivity index (χ2v) is 7.12. The standard InChI is InChI=1S/C24H16BNO/c25-15-9-11-16(12-10-15)26-20-7-3-1-6-19(20)23-21(26)14-13-18-17-5-2-4-8-22(17)27-24(18)23/h1-14H,25H2. The summed E-state index contributed by atoms with van der Waals surface area (Å²) in [6.45, 7) is 0. The summed E-state index contributed by atoms with van der Waals surface area (Å²) in [5.74, 6) is 0. The van der Waals surface area contributed by atoms with Crippen LogP contribution in [0, 0.1) is 0 Å². The van der Waals surface area contributed by atoms with Crippen LogP contribution in [0.3, 0.4) is 0 Å². The summed E-state index contributed by atoms with van der Waals surface area (Å²) in [5.41, 5.74) is 6.71. The van der Waals surface area contributed by atoms with Crippen molar-refractivity contribution in [1.29, 1.82) is 0 Å². The first-order chi connectivity index (χ1) is 13.3. The molecule has 6 aromatic rings. The molecular weight excluding hydrogens is 329 g/mol. The Morgan fingerprint density at radius 3 is 2.22 bits per heavy atom. The molecule has 2 aromatic heterocycles. The van der Waals surface area contributed by atoms with Gasteiger partial charge in [0.2, 0.25) is 0 Å². The molecule has 0 spiro atoms. The zero-order valence-corrected chi connectivity index (χ0v) is 14.9. The quantitative estimate of drug-likeness (QED) is 0.386. The highest BCUT2D eigenvalue weighted by atomic mass is 16.3. The van der Waals surface area contributed by atoms with Gasteiger partial charge in [-0.25, -0.2) is 0 Å². The van der Waals surface area contributed by atoms with Crippen LogP contribution in [0.5, 0.6) is 0 Å². The van der Waals surface area contributed by atoms with Gasteiger partial charge in [-0.2, -0.15) is 0 Å². The van der Waals surface area contributed by atoms with Crippen molar-refractivity contribution in [3.8, 4) is 5.69 Å². The van der Waals surface area contributed by atoms with Crippen LogP contribution >= 0.6 is 0 Å². The van der Waals surface area contributed by atoms with Gasteiger partial charge in [-0.15, -0.1) is 0 Å². The van der Waals surface area contributed by atoms with E-state index in [9.17, 15) is 0 Å². The molecule has 27 heavy (non-hydrogen) atoms. The molecule has 0 unspecified atom stereocenters. The molecule has 4 aromatic carbocycles. The normalized spacial score (nSPS) is 11.9. The molecule has 0 bridgehead atoms. The molecule has 2 heterocycles. The van der Waals surface area contributed by atoms with Gasteiger partial charge in [-0.1, -0.05) is 54.0 Å². The average Bonchev–Trinajstić information content (AvgIpc) is 3.24. The Morgan fingerprint density at radius 1 is 0.630 bits per heavy atom. The lowest BCUT2D eigenvalue weighted by atomic mass is 9.96. The van der Waals surface area contributed by atoms with E-state index < -0.39 is 0 Å². The molecule has 0 fully saturated rings. The summed E-state index contributed by atoms with van der Waals surface area (Å²) in [6.07, 6.45) is 0. The number of nitrogens with zero attached hydrogens (tertiary/aromatic N) is 1. The van der Waals surface area contributed by atoms with Gasteiger partial charge in [-0.3, -0.25) is 0 Å². The van der Waals surface area contributed by atoms with Gasteiger partial charge < -0.3 is 8.98 Å². The van der Waals surface area contributed by atoms with E-state index in [1.54, 1.807) is 0 Å². The molecule has 0 aliphatic rings. The second-order valence-electron chi connectivity index (χ2n) is 7.12. The fourth-order valence-electron chi connectivity index (χ4n) is 4.21. The lowest BCUT2D eigenvalue weighted by Gasteiger charge is -2.08. The Balaban J connectivity index is 1.85. The van der Waals surface area contributed by atoms with Crippen molar-refractivity contribution in [3.63, 3.8) is 0 Å². The Morgan fingerprint density at radius 2 is 1.37 bits per heavy atom. The number of rotatable bonds is 1. The van der Waals surface area contributed by atoms with Gasteiger partial charge in [0.15, 0.2) is 0 Å². The van der Waals surface area contributed by atoms with Crippen LogP contribution in [-0.2, 0) is 0 Å². The predicted molar refractivity (Wildman–Crippen MR) is 116 cm³/mol. The van der Waals surface area contributed by atoms with Crippen molar-refractivity contribution >= 4 is 57.1 Å². The van der Waals surface area contributed by atoms with E-state index in [1.165, 1.54) is 43.7 Å². The third-order valence-electron chi connectivity index (χ3n) is 5.47. The second kappa shape index (κ2) is 5.27. The average molecular weight is 345 g/mol. The Bertz CT molecular complexity index is 1470. The van der Waals surface area contributed by atoms with Crippen molar-refractivity contribution in [1.82, 2.24) is 4.57 Å². The van der Waals surface area contributed by atoms with Crippen molar-refractivity contribution in [2.24, 2.45) is 0 Å². The van der Waals surface area contributed by atoms with Gasteiger partial charge >= 0.3 is 0 Å². The summed E-state index contributed by atoms with van der Waals surface area (Å²) in [5, 5.41) is 4.74. The molecule has 0 saturated heterocycles. The SMILES string of the molecule is Bc1ccc(-n2c3ccccc3c3c4oc5ccccc5c4ccc32)cc1. The molecule has 6 rings (SSSR count). The monoisotopic (exact) mass is 345 g/mol. The maximum Gasteiger partial charge on any atom is 0.145 e. The van der Waals surface area contributed by atoms with Crippen molar-refractivity contribution in [3.05, 3.63) is 84.9 Å². The summed E-state index contributed by atoms with van der Waals surface area (Å²) in [7, 11) is 2.12. The Hall–Kier alpha value is -3.46. The van der Waals surface area contributed by atoms with E-state index in [-0.39, 0.29) is 0 Å². The van der Waals surface area contributed by atoms with E-state index in [0.29, 0.717) is 0 Å². The summed E-state index contributed by atoms with van der Waals surface area (Å²) < 4.78 is 8.66. The van der Waals surface area contributed by atoms with Gasteiger partial charge in [0, 0.05) is 21.8 Å². The van der Waals surface area contributed by atoms with Crippen molar-refractivity contribution in [2.45, 2.75) is 0 Å². The molecule has 0 radical (unpaired) electrons. The molecule has 0 N–H and O–H groups in total. The summed E-state index contributed by atoms with van der Waals surface area (Å²) in [4.78, 5) is 0. The highest BCUT2D eigenvalue weighted by Gasteiger charge is 2.17. The van der Waals surface area contributed by atoms with Gasteiger partial charge in [0.1, 0.15) is 19.0 Å². The molecule has 0 saturated carbocycles. The lowest BCUT2D eigenvalue weighted by Crippen LogP contribution is -2.02. The summed E-state index contributed by atoms with van der Waals surface area (Å²) >= 11 is 0. The molecule has 0 aliphatic heterocycles. The zero-order valence-electron chi connectivity index (χ0n) is 14.9. The van der Waals surface area contributed by atoms with E-state index in [0.717, 1.165) is 11.2 Å². The number of benzene rings is 4. The third kappa shape index (κ3) is 1.97. The van der Waals surface area contributed by atoms with Crippen LogP contribution in [0.1, 0.15) is 0 Å². The number of furan rings is 1. The number of fused-ring (bicyclic) bond motifs is 7. The van der Waals surface area contributed by atoms with Gasteiger partial charge in [0.05, 0.1) is 16.4 Å². The van der Waals surface area contributed by atoms with Gasteiger partial charge in [0.25, 0.3) is 0 Å². The number of hydrogen-bond acceptors (Lipinski definition) is 1. The maximum absolute atomic E-state index is 6.33. The third-order valence-corrected chi connectivity index (χ3v) is 5.47. The Labute approximate surface area is 157 Å². The molecule has 0 aliphatic carbocycles. The van der Waals surface area contributed by atoms with Crippen LogP contribution in [0.25, 0.3) is 49.4 Å². The number of aromatic nitrogens is 1. The van der Waals surface area contributed by atoms with E-state index in [2.05, 4.69) is 85.2 Å². The lowest BCUT2D eigenvalue weighted by molar-refractivity contribution is 0.673. The first kappa shape index (κ1) is 14.7. The molecule has 0 atom stereocenters. The van der Waals surface area contributed by atoms with Crippen LogP contribution < -0.4 is 5.46 Å². The van der Waals surface area contributed by atoms with Crippen molar-refractivity contribution < 1.29 is 4.42 Å². The Kier molecular flexibility index (Phi) is 2.87. The minimum absolute atomic E-state index is 0.937. The first-order valence-electron chi connectivity index (χ1n) is 9.22. The van der Waals surface area contributed by atoms with E-state index in [1.807, 2.05) is 12.1 Å². The van der Waals surface area contributed by atoms with Crippen molar-refractivity contribution in [2.75, 3.05) is 0 Å². The topological polar surface area (TPSA) is 18.1 Å². The fourth-order valence-corrected chi connectivity index (χ4v) is 4.21. The number of hydrogen-bond donors (Lipinski definition) is 0. The highest BCUT2D eigenvalue weighted by Crippen LogP contribution is 2.40. The minimum Gasteiger partial charge on any atom is -0.455 e. The molecule has 3 heteroatoms. The zero-order chi connectivity index (χ0) is 18.0. The smallest absolute Gasteiger partial charge is 0.145 e. The van der Waals surface area contributed by atoms with E-state index in [4.69, 9.17) is 4.42 Å². The van der Waals surface area contributed by atoms with Crippen LogP contribution in [-0.4, -0.2) is 12.4 Å². The van der Waals surface area contributed by atoms with Crippen LogP contribution in [0.15, 0.2) is 89.3 Å². The highest BCUT2D eigenvalue weighted by molar-refractivity contribution is 6.32. The maximum atomic E-state index is 6.33. The first-order valence-corrected chi connectivity index (χ1v) is 9.22. The van der Waals surface area contributed by atoms with Crippen LogP contribution in [0.2, 0.25) is 0 Å². The molecule has 2 nitrogen and oxygen atoms in total. The summed E-state index contributed by atoms with van der Waals surface area (Å²) in [6, 6.07) is 29.9. The van der Waals surface area contributed by atoms with Gasteiger partial charge in [-0.05, 0) is 36.4 Å². The van der Waals surface area contributed by atoms with Crippen LogP contribution in [0.4, 0.5) is 0 Å². The fraction of sp³-hybridized carbons (Fsp3) is 0. The molecule has 126 valence electrons. The largest absolute Gasteiger partial charge is 0.455 e. The molecule has 0 amide bonds.